The van der Waals surface area contributed by atoms with Crippen molar-refractivity contribution in [2.75, 3.05) is 6.54 Å². The summed E-state index contributed by atoms with van der Waals surface area (Å²) in [6.45, 7) is 1.83. The number of benzene rings is 1. The minimum absolute atomic E-state index is 0.0572. The van der Waals surface area contributed by atoms with Crippen LogP contribution in [-0.4, -0.2) is 30.7 Å². The van der Waals surface area contributed by atoms with Gasteiger partial charge in [-0.2, -0.15) is 5.10 Å². The number of halogens is 1. The molecule has 1 aromatic carbocycles. The first-order chi connectivity index (χ1) is 11.3. The zero-order valence-corrected chi connectivity index (χ0v) is 14.0. The quantitative estimate of drug-likeness (QED) is 0.696. The van der Waals surface area contributed by atoms with Gasteiger partial charge in [-0.25, -0.2) is 22.2 Å². The number of aromatic nitrogens is 2. The fourth-order valence-corrected chi connectivity index (χ4v) is 3.44. The van der Waals surface area contributed by atoms with E-state index in [4.69, 9.17) is 5.73 Å². The average Bonchev–Trinajstić information content (AvgIpc) is 2.90. The number of carbonyl (C=O) groups is 1. The topological polar surface area (TPSA) is 107 Å². The normalized spacial score (nSPS) is 11.6. The first kappa shape index (κ1) is 18.1. The number of primary amides is 1. The summed E-state index contributed by atoms with van der Waals surface area (Å²) in [6, 6.07) is 5.59. The monoisotopic (exact) mass is 354 g/mol. The number of carbonyl (C=O) groups excluding carboxylic acids is 1. The molecule has 0 spiro atoms. The molecule has 7 nitrogen and oxygen atoms in total. The van der Waals surface area contributed by atoms with Crippen LogP contribution in [0.1, 0.15) is 25.0 Å². The molecule has 0 aliphatic heterocycles. The SMILES string of the molecule is Cc1c(S(=O)(=O)NCCCCC(N)=O)cnn1-c1ccc(F)cc1. The largest absolute Gasteiger partial charge is 0.370 e. The van der Waals surface area contributed by atoms with E-state index in [1.165, 1.54) is 35.1 Å². The van der Waals surface area contributed by atoms with E-state index in [1.54, 1.807) is 6.92 Å². The Labute approximate surface area is 139 Å². The van der Waals surface area contributed by atoms with Crippen LogP contribution in [0.15, 0.2) is 35.4 Å². The molecule has 2 rings (SSSR count). The van der Waals surface area contributed by atoms with Gasteiger partial charge in [-0.15, -0.1) is 0 Å². The highest BCUT2D eigenvalue weighted by Gasteiger charge is 2.20. The third kappa shape index (κ3) is 4.39. The van der Waals surface area contributed by atoms with Gasteiger partial charge in [0.15, 0.2) is 0 Å². The van der Waals surface area contributed by atoms with Crippen LogP contribution < -0.4 is 10.5 Å². The number of nitrogens with zero attached hydrogens (tertiary/aromatic N) is 2. The first-order valence-electron chi connectivity index (χ1n) is 7.40. The summed E-state index contributed by atoms with van der Waals surface area (Å²) in [6.07, 6.45) is 2.51. The molecule has 0 aliphatic carbocycles. The molecule has 0 fully saturated rings. The lowest BCUT2D eigenvalue weighted by Gasteiger charge is -2.07. The summed E-state index contributed by atoms with van der Waals surface area (Å²) in [7, 11) is -3.71. The van der Waals surface area contributed by atoms with Crippen LogP contribution in [0, 0.1) is 12.7 Å². The zero-order chi connectivity index (χ0) is 17.7. The Morgan fingerprint density at radius 3 is 2.58 bits per heavy atom. The predicted molar refractivity (Wildman–Crippen MR) is 86.5 cm³/mol. The number of unbranched alkanes of at least 4 members (excludes halogenated alkanes) is 1. The molecule has 0 saturated heterocycles. The smallest absolute Gasteiger partial charge is 0.243 e. The molecule has 9 heteroatoms. The lowest BCUT2D eigenvalue weighted by atomic mass is 10.2. The Bertz CT molecular complexity index is 816. The molecule has 0 aliphatic rings. The number of rotatable bonds is 8. The molecular formula is C15H19FN4O3S. The van der Waals surface area contributed by atoms with Crippen molar-refractivity contribution in [2.45, 2.75) is 31.1 Å². The van der Waals surface area contributed by atoms with E-state index in [1.807, 2.05) is 0 Å². The van der Waals surface area contributed by atoms with Crippen molar-refractivity contribution in [1.29, 1.82) is 0 Å². The maximum absolute atomic E-state index is 13.0. The van der Waals surface area contributed by atoms with Crippen molar-refractivity contribution in [2.24, 2.45) is 5.73 Å². The van der Waals surface area contributed by atoms with Crippen molar-refractivity contribution in [3.8, 4) is 5.69 Å². The maximum atomic E-state index is 13.0. The lowest BCUT2D eigenvalue weighted by Crippen LogP contribution is -2.25. The van der Waals surface area contributed by atoms with Crippen molar-refractivity contribution in [3.05, 3.63) is 42.0 Å². The summed E-state index contributed by atoms with van der Waals surface area (Å²) in [5, 5.41) is 4.06. The van der Waals surface area contributed by atoms with Crippen molar-refractivity contribution >= 4 is 15.9 Å². The highest BCUT2D eigenvalue weighted by Crippen LogP contribution is 2.18. The van der Waals surface area contributed by atoms with Crippen LogP contribution >= 0.6 is 0 Å². The van der Waals surface area contributed by atoms with Gasteiger partial charge in [0.25, 0.3) is 0 Å². The van der Waals surface area contributed by atoms with Gasteiger partial charge in [-0.3, -0.25) is 4.79 Å². The third-order valence-electron chi connectivity index (χ3n) is 3.47. The highest BCUT2D eigenvalue weighted by molar-refractivity contribution is 7.89. The molecule has 1 aromatic heterocycles. The fraction of sp³-hybridized carbons (Fsp3) is 0.333. The minimum Gasteiger partial charge on any atom is -0.370 e. The van der Waals surface area contributed by atoms with Crippen LogP contribution in [0.4, 0.5) is 4.39 Å². The first-order valence-corrected chi connectivity index (χ1v) is 8.88. The predicted octanol–water partition coefficient (Wildman–Crippen LogP) is 1.25. The average molecular weight is 354 g/mol. The number of sulfonamides is 1. The van der Waals surface area contributed by atoms with E-state index < -0.39 is 15.9 Å². The molecule has 130 valence electrons. The number of hydrogen-bond acceptors (Lipinski definition) is 4. The van der Waals surface area contributed by atoms with Gasteiger partial charge in [0.1, 0.15) is 10.7 Å². The van der Waals surface area contributed by atoms with Crippen LogP contribution in [-0.2, 0) is 14.8 Å². The van der Waals surface area contributed by atoms with Gasteiger partial charge in [0.2, 0.25) is 15.9 Å². The maximum Gasteiger partial charge on any atom is 0.243 e. The Balaban J connectivity index is 2.08. The standard InChI is InChI=1S/C15H19FN4O3S/c1-11-14(24(22,23)19-9-3-2-4-15(17)21)10-18-20(11)13-7-5-12(16)6-8-13/h5-8,10,19H,2-4,9H2,1H3,(H2,17,21). The highest BCUT2D eigenvalue weighted by atomic mass is 32.2. The second-order valence-corrected chi connectivity index (χ2v) is 7.04. The van der Waals surface area contributed by atoms with Crippen LogP contribution in [0.25, 0.3) is 5.69 Å². The van der Waals surface area contributed by atoms with Crippen molar-refractivity contribution in [3.63, 3.8) is 0 Å². The molecule has 1 amide bonds. The summed E-state index contributed by atoms with van der Waals surface area (Å²) in [4.78, 5) is 10.7. The van der Waals surface area contributed by atoms with E-state index in [9.17, 15) is 17.6 Å². The fourth-order valence-electron chi connectivity index (χ4n) is 2.21. The van der Waals surface area contributed by atoms with Gasteiger partial charge in [0.05, 0.1) is 17.6 Å². The number of nitrogens with one attached hydrogen (secondary N) is 1. The Kier molecular flexibility index (Phi) is 5.68. The number of amides is 1. The summed E-state index contributed by atoms with van der Waals surface area (Å²) in [5.74, 6) is -0.789. The van der Waals surface area contributed by atoms with Gasteiger partial charge in [0, 0.05) is 13.0 Å². The van der Waals surface area contributed by atoms with Gasteiger partial charge in [-0.05, 0) is 44.0 Å². The van der Waals surface area contributed by atoms with Gasteiger partial charge < -0.3 is 5.73 Å². The second-order valence-electron chi connectivity index (χ2n) is 5.30. The Hall–Kier alpha value is -2.26. The lowest BCUT2D eigenvalue weighted by molar-refractivity contribution is -0.118. The van der Waals surface area contributed by atoms with E-state index in [2.05, 4.69) is 9.82 Å². The Morgan fingerprint density at radius 1 is 1.29 bits per heavy atom. The van der Waals surface area contributed by atoms with Gasteiger partial charge >= 0.3 is 0 Å². The molecule has 0 unspecified atom stereocenters. The molecule has 1 heterocycles. The Morgan fingerprint density at radius 2 is 1.96 bits per heavy atom. The molecule has 2 aromatic rings. The number of nitrogens with two attached hydrogens (primary N) is 1. The minimum atomic E-state index is -3.71. The zero-order valence-electron chi connectivity index (χ0n) is 13.2. The van der Waals surface area contributed by atoms with Crippen LogP contribution in [0.2, 0.25) is 0 Å². The molecule has 0 bridgehead atoms. The molecular weight excluding hydrogens is 335 g/mol. The molecule has 0 radical (unpaired) electrons. The van der Waals surface area contributed by atoms with E-state index in [-0.39, 0.29) is 23.7 Å². The molecule has 0 atom stereocenters. The molecule has 0 saturated carbocycles. The van der Waals surface area contributed by atoms with Crippen molar-refractivity contribution < 1.29 is 17.6 Å². The second kappa shape index (κ2) is 7.54. The number of hydrogen-bond donors (Lipinski definition) is 2. The van der Waals surface area contributed by atoms with E-state index >= 15 is 0 Å². The van der Waals surface area contributed by atoms with Crippen LogP contribution in [0.5, 0.6) is 0 Å². The summed E-state index contributed by atoms with van der Waals surface area (Å²) >= 11 is 0. The third-order valence-corrected chi connectivity index (χ3v) is 5.03. The van der Waals surface area contributed by atoms with Gasteiger partial charge in [-0.1, -0.05) is 0 Å². The molecule has 3 N–H and O–H groups in total. The van der Waals surface area contributed by atoms with E-state index in [0.717, 1.165) is 0 Å². The van der Waals surface area contributed by atoms with Crippen molar-refractivity contribution in [1.82, 2.24) is 14.5 Å². The molecule has 24 heavy (non-hydrogen) atoms. The summed E-state index contributed by atoms with van der Waals surface area (Å²) < 4.78 is 41.6. The van der Waals surface area contributed by atoms with E-state index in [0.29, 0.717) is 24.2 Å². The summed E-state index contributed by atoms with van der Waals surface area (Å²) in [5.41, 5.74) is 6.02. The van der Waals surface area contributed by atoms with Crippen LogP contribution in [0.3, 0.4) is 0 Å².